The predicted molar refractivity (Wildman–Crippen MR) is 33.5 cm³/mol. The molecule has 50 valence electrons. The second kappa shape index (κ2) is 4.09. The Morgan fingerprint density at radius 3 is 2.00 bits per heavy atom. The minimum absolute atomic E-state index is 0. The van der Waals surface area contributed by atoms with Crippen LogP contribution in [0.1, 0.15) is 0 Å². The van der Waals surface area contributed by atoms with E-state index in [2.05, 4.69) is 5.32 Å². The Morgan fingerprint density at radius 2 is 1.75 bits per heavy atom. The number of rotatable bonds is 0. The summed E-state index contributed by atoms with van der Waals surface area (Å²) >= 11 is 0. The van der Waals surface area contributed by atoms with Crippen molar-refractivity contribution in [3.63, 3.8) is 0 Å². The van der Waals surface area contributed by atoms with Gasteiger partial charge in [-0.1, -0.05) is 0 Å². The molecule has 1 heterocycles. The molecule has 1 fully saturated rings. The van der Waals surface area contributed by atoms with E-state index in [1.54, 1.807) is 0 Å². The summed E-state index contributed by atoms with van der Waals surface area (Å²) in [5, 5.41) is 13.1. The Kier molecular flexibility index (Phi) is 4.18. The van der Waals surface area contributed by atoms with Gasteiger partial charge in [0.05, 0.1) is 0 Å². The monoisotopic (exact) mass is 138 g/mol. The number of piperazine rings is 1. The maximum absolute atomic E-state index is 8.70. The second-order valence-corrected chi connectivity index (χ2v) is 1.70. The van der Waals surface area contributed by atoms with Crippen LogP contribution < -0.4 is 5.32 Å². The molecule has 2 N–H and O–H groups in total. The van der Waals surface area contributed by atoms with Crippen LogP contribution >= 0.6 is 12.4 Å². The van der Waals surface area contributed by atoms with Gasteiger partial charge in [-0.15, -0.1) is 12.4 Å². The first-order chi connectivity index (χ1) is 3.39. The van der Waals surface area contributed by atoms with Gasteiger partial charge in [0.25, 0.3) is 0 Å². The van der Waals surface area contributed by atoms with E-state index in [4.69, 9.17) is 5.21 Å². The van der Waals surface area contributed by atoms with Crippen molar-refractivity contribution in [2.45, 2.75) is 0 Å². The number of hydrogen-bond donors (Lipinski definition) is 2. The third-order valence-electron chi connectivity index (χ3n) is 1.09. The fourth-order valence-electron chi connectivity index (χ4n) is 0.653. The van der Waals surface area contributed by atoms with E-state index in [1.165, 1.54) is 5.06 Å². The van der Waals surface area contributed by atoms with Gasteiger partial charge in [-0.25, -0.2) is 0 Å². The summed E-state index contributed by atoms with van der Waals surface area (Å²) < 4.78 is 0. The molecule has 0 bridgehead atoms. The van der Waals surface area contributed by atoms with Gasteiger partial charge in [-0.2, -0.15) is 5.06 Å². The molecule has 3 nitrogen and oxygen atoms in total. The van der Waals surface area contributed by atoms with E-state index in [0.29, 0.717) is 0 Å². The summed E-state index contributed by atoms with van der Waals surface area (Å²) in [6.07, 6.45) is 0. The van der Waals surface area contributed by atoms with Crippen molar-refractivity contribution in [2.75, 3.05) is 26.2 Å². The lowest BCUT2D eigenvalue weighted by molar-refractivity contribution is -0.0976. The van der Waals surface area contributed by atoms with Crippen LogP contribution in [0.3, 0.4) is 0 Å². The Labute approximate surface area is 55.0 Å². The molecule has 0 unspecified atom stereocenters. The zero-order chi connectivity index (χ0) is 5.11. The summed E-state index contributed by atoms with van der Waals surface area (Å²) in [5.74, 6) is 0. The molecular weight excluding hydrogens is 128 g/mol. The van der Waals surface area contributed by atoms with E-state index in [0.717, 1.165) is 26.2 Å². The van der Waals surface area contributed by atoms with Crippen LogP contribution in [0.15, 0.2) is 0 Å². The maximum atomic E-state index is 8.70. The fourth-order valence-corrected chi connectivity index (χ4v) is 0.653. The largest absolute Gasteiger partial charge is 0.314 e. The van der Waals surface area contributed by atoms with Crippen molar-refractivity contribution in [1.29, 1.82) is 0 Å². The number of nitrogens with one attached hydrogen (secondary N) is 1. The van der Waals surface area contributed by atoms with Gasteiger partial charge in [0.1, 0.15) is 0 Å². The van der Waals surface area contributed by atoms with E-state index in [9.17, 15) is 0 Å². The highest BCUT2D eigenvalue weighted by molar-refractivity contribution is 5.85. The Bertz CT molecular complexity index is 56.0. The molecule has 0 aliphatic carbocycles. The van der Waals surface area contributed by atoms with Crippen molar-refractivity contribution in [1.82, 2.24) is 10.4 Å². The van der Waals surface area contributed by atoms with Crippen LogP contribution in [0.5, 0.6) is 0 Å². The smallest absolute Gasteiger partial charge is 0.0363 e. The molecule has 1 aliphatic rings. The van der Waals surface area contributed by atoms with Crippen LogP contribution in [0.25, 0.3) is 0 Å². The molecule has 0 radical (unpaired) electrons. The normalized spacial score (nSPS) is 22.1. The van der Waals surface area contributed by atoms with Gasteiger partial charge in [0.15, 0.2) is 0 Å². The number of halogens is 1. The molecule has 0 spiro atoms. The van der Waals surface area contributed by atoms with Gasteiger partial charge in [-0.3, -0.25) is 0 Å². The summed E-state index contributed by atoms with van der Waals surface area (Å²) in [5.41, 5.74) is 0. The van der Waals surface area contributed by atoms with Crippen LogP contribution in [-0.4, -0.2) is 36.4 Å². The first kappa shape index (κ1) is 8.17. The van der Waals surface area contributed by atoms with Gasteiger partial charge < -0.3 is 10.5 Å². The molecule has 1 saturated heterocycles. The van der Waals surface area contributed by atoms with Crippen molar-refractivity contribution in [3.8, 4) is 0 Å². The molecule has 0 aromatic carbocycles. The quantitative estimate of drug-likeness (QED) is 0.483. The number of hydroxylamine groups is 2. The third kappa shape index (κ3) is 2.47. The highest BCUT2D eigenvalue weighted by atomic mass is 35.5. The van der Waals surface area contributed by atoms with E-state index in [-0.39, 0.29) is 12.4 Å². The van der Waals surface area contributed by atoms with Crippen molar-refractivity contribution in [2.24, 2.45) is 0 Å². The molecule has 1 aliphatic heterocycles. The molecule has 4 heteroatoms. The van der Waals surface area contributed by atoms with Crippen molar-refractivity contribution in [3.05, 3.63) is 0 Å². The van der Waals surface area contributed by atoms with Gasteiger partial charge in [-0.05, 0) is 0 Å². The SMILES string of the molecule is Cl.ON1CCNCC1. The van der Waals surface area contributed by atoms with Crippen LogP contribution in [-0.2, 0) is 0 Å². The summed E-state index contributed by atoms with van der Waals surface area (Å²) in [6, 6.07) is 0. The van der Waals surface area contributed by atoms with Gasteiger partial charge in [0, 0.05) is 26.2 Å². The number of nitrogens with zero attached hydrogens (tertiary/aromatic N) is 1. The molecule has 0 saturated carbocycles. The Morgan fingerprint density at radius 1 is 1.25 bits per heavy atom. The standard InChI is InChI=1S/C4H10N2O.ClH/c7-6-3-1-5-2-4-6;/h5,7H,1-4H2;1H. The van der Waals surface area contributed by atoms with Crippen LogP contribution in [0.4, 0.5) is 0 Å². The third-order valence-corrected chi connectivity index (χ3v) is 1.09. The lowest BCUT2D eigenvalue weighted by atomic mass is 10.4. The zero-order valence-corrected chi connectivity index (χ0v) is 5.45. The van der Waals surface area contributed by atoms with Crippen molar-refractivity contribution >= 4 is 12.4 Å². The summed E-state index contributed by atoms with van der Waals surface area (Å²) in [4.78, 5) is 0. The molecule has 0 amide bonds. The van der Waals surface area contributed by atoms with Gasteiger partial charge in [0.2, 0.25) is 0 Å². The molecule has 0 aromatic heterocycles. The van der Waals surface area contributed by atoms with Gasteiger partial charge >= 0.3 is 0 Å². The zero-order valence-electron chi connectivity index (χ0n) is 4.63. The van der Waals surface area contributed by atoms with E-state index in [1.807, 2.05) is 0 Å². The molecule has 1 rings (SSSR count). The first-order valence-electron chi connectivity index (χ1n) is 2.54. The molecule has 8 heavy (non-hydrogen) atoms. The molecular formula is C4H11ClN2O. The van der Waals surface area contributed by atoms with Crippen LogP contribution in [0.2, 0.25) is 0 Å². The first-order valence-corrected chi connectivity index (χ1v) is 2.54. The highest BCUT2D eigenvalue weighted by Gasteiger charge is 2.03. The average molecular weight is 139 g/mol. The highest BCUT2D eigenvalue weighted by Crippen LogP contribution is 1.82. The molecule has 0 aromatic rings. The Hall–Kier alpha value is 0.170. The summed E-state index contributed by atoms with van der Waals surface area (Å²) in [7, 11) is 0. The van der Waals surface area contributed by atoms with Crippen LogP contribution in [0, 0.1) is 0 Å². The minimum Gasteiger partial charge on any atom is -0.314 e. The van der Waals surface area contributed by atoms with E-state index >= 15 is 0 Å². The minimum atomic E-state index is 0. The second-order valence-electron chi connectivity index (χ2n) is 1.70. The fraction of sp³-hybridized carbons (Fsp3) is 1.00. The van der Waals surface area contributed by atoms with Crippen molar-refractivity contribution < 1.29 is 5.21 Å². The lowest BCUT2D eigenvalue weighted by Crippen LogP contribution is -2.41. The van der Waals surface area contributed by atoms with E-state index < -0.39 is 0 Å². The summed E-state index contributed by atoms with van der Waals surface area (Å²) in [6.45, 7) is 3.35. The average Bonchev–Trinajstić information content (AvgIpc) is 1.69. The topological polar surface area (TPSA) is 35.5 Å². The maximum Gasteiger partial charge on any atom is 0.0363 e. The predicted octanol–water partition coefficient (Wildman–Crippen LogP) is -0.297. The lowest BCUT2D eigenvalue weighted by Gasteiger charge is -2.19. The molecule has 0 atom stereocenters. The Balaban J connectivity index is 0.000000490. The number of hydrogen-bond acceptors (Lipinski definition) is 3.